The number of aliphatic imine (C=N–C) groups is 1. The quantitative estimate of drug-likeness (QED) is 0.775. The summed E-state index contributed by atoms with van der Waals surface area (Å²) in [6, 6.07) is 6.12. The molecule has 0 bridgehead atoms. The number of fused-ring (bicyclic) bond motifs is 1. The average molecular weight is 409 g/mol. The zero-order valence-electron chi connectivity index (χ0n) is 17.4. The number of morpholine rings is 1. The molecule has 7 heteroatoms. The van der Waals surface area contributed by atoms with Crippen LogP contribution in [0.1, 0.15) is 26.2 Å². The Morgan fingerprint density at radius 3 is 2.80 bits per heavy atom. The highest BCUT2D eigenvalue weighted by Crippen LogP contribution is 2.38. The van der Waals surface area contributed by atoms with Crippen molar-refractivity contribution in [1.29, 1.82) is 0 Å². The molecule has 1 aromatic carbocycles. The van der Waals surface area contributed by atoms with Crippen LogP contribution in [-0.2, 0) is 14.3 Å². The van der Waals surface area contributed by atoms with Gasteiger partial charge in [-0.25, -0.2) is 4.99 Å². The van der Waals surface area contributed by atoms with Crippen LogP contribution < -0.4 is 15.1 Å². The summed E-state index contributed by atoms with van der Waals surface area (Å²) in [7, 11) is 0. The molecule has 1 saturated heterocycles. The van der Waals surface area contributed by atoms with Crippen LogP contribution in [-0.4, -0.2) is 50.8 Å². The Kier molecular flexibility index (Phi) is 5.99. The maximum absolute atomic E-state index is 13.5. The molecule has 1 unspecified atom stereocenters. The Hall–Kier alpha value is -2.93. The summed E-state index contributed by atoms with van der Waals surface area (Å²) in [6.45, 7) is 9.18. The van der Waals surface area contributed by atoms with E-state index in [2.05, 4.69) is 33.9 Å². The molecule has 2 heterocycles. The van der Waals surface area contributed by atoms with E-state index < -0.39 is 0 Å². The molecule has 7 nitrogen and oxygen atoms in total. The number of hydrogen-bond donors (Lipinski definition) is 1. The smallest absolute Gasteiger partial charge is 0.230 e. The van der Waals surface area contributed by atoms with Crippen molar-refractivity contribution in [3.05, 3.63) is 42.2 Å². The number of Topliss-reactive ketones (excluding diaryl/α,β-unsaturated/α-hetero) is 1. The number of hydrogen-bond acceptors (Lipinski definition) is 6. The molecule has 4 rings (SSSR count). The normalized spacial score (nSPS) is 22.2. The van der Waals surface area contributed by atoms with Crippen molar-refractivity contribution in [2.45, 2.75) is 26.2 Å². The average Bonchev–Trinajstić information content (AvgIpc) is 3.14. The summed E-state index contributed by atoms with van der Waals surface area (Å²) in [5.74, 6) is 0.578. The van der Waals surface area contributed by atoms with Crippen molar-refractivity contribution in [3.63, 3.8) is 0 Å². The van der Waals surface area contributed by atoms with Gasteiger partial charge in [0.15, 0.2) is 0 Å². The molecule has 2 fully saturated rings. The Morgan fingerprint density at radius 2 is 2.13 bits per heavy atom. The Balaban J connectivity index is 1.75. The van der Waals surface area contributed by atoms with E-state index in [0.29, 0.717) is 44.8 Å². The lowest BCUT2D eigenvalue weighted by atomic mass is 10.0. The van der Waals surface area contributed by atoms with Gasteiger partial charge in [-0.1, -0.05) is 12.7 Å². The molecular formula is C23H28N4O3. The summed E-state index contributed by atoms with van der Waals surface area (Å²) in [5.41, 5.74) is 3.53. The van der Waals surface area contributed by atoms with Crippen LogP contribution in [0.2, 0.25) is 0 Å². The van der Waals surface area contributed by atoms with Crippen LogP contribution in [0.25, 0.3) is 0 Å². The monoisotopic (exact) mass is 408 g/mol. The Morgan fingerprint density at radius 1 is 1.33 bits per heavy atom. The van der Waals surface area contributed by atoms with Gasteiger partial charge in [-0.3, -0.25) is 9.59 Å². The first-order valence-electron chi connectivity index (χ1n) is 10.5. The summed E-state index contributed by atoms with van der Waals surface area (Å²) >= 11 is 0. The molecule has 30 heavy (non-hydrogen) atoms. The van der Waals surface area contributed by atoms with Crippen molar-refractivity contribution in [1.82, 2.24) is 0 Å². The molecule has 0 aromatic heterocycles. The second-order valence-corrected chi connectivity index (χ2v) is 7.79. The third-order valence-corrected chi connectivity index (χ3v) is 5.90. The fourth-order valence-corrected chi connectivity index (χ4v) is 4.25. The standard InChI is InChI=1S/C23H28N4O3/c1-3-16-15-27(23(29)17-5-7-19(28)13-17)21-14-18(26-9-11-30-12-10-26)6-8-20(21)25-22(16)24-4-2/h3-4,6,8,14,17,25H,1,5,7,9-13,15H2,2H3/b24-4-. The predicted octanol–water partition coefficient (Wildman–Crippen LogP) is 3.14. The third kappa shape index (κ3) is 4.03. The van der Waals surface area contributed by atoms with E-state index >= 15 is 0 Å². The van der Waals surface area contributed by atoms with Crippen LogP contribution in [0.5, 0.6) is 0 Å². The molecule has 1 N–H and O–H groups in total. The first-order valence-corrected chi connectivity index (χ1v) is 10.5. The van der Waals surface area contributed by atoms with E-state index in [-0.39, 0.29) is 17.6 Å². The van der Waals surface area contributed by atoms with E-state index in [9.17, 15) is 9.59 Å². The number of nitrogens with zero attached hydrogens (tertiary/aromatic N) is 3. The van der Waals surface area contributed by atoms with E-state index in [4.69, 9.17) is 4.74 Å². The van der Waals surface area contributed by atoms with Gasteiger partial charge in [0.1, 0.15) is 11.6 Å². The molecule has 2 aliphatic heterocycles. The van der Waals surface area contributed by atoms with Crippen molar-refractivity contribution in [2.24, 2.45) is 10.9 Å². The predicted molar refractivity (Wildman–Crippen MR) is 119 cm³/mol. The number of anilines is 3. The molecule has 0 spiro atoms. The van der Waals surface area contributed by atoms with Crippen molar-refractivity contribution < 1.29 is 14.3 Å². The lowest BCUT2D eigenvalue weighted by Gasteiger charge is -2.31. The van der Waals surface area contributed by atoms with Gasteiger partial charge in [0.2, 0.25) is 5.91 Å². The molecule has 3 aliphatic rings. The van der Waals surface area contributed by atoms with E-state index in [0.717, 1.165) is 35.7 Å². The van der Waals surface area contributed by atoms with Gasteiger partial charge in [0.25, 0.3) is 0 Å². The van der Waals surface area contributed by atoms with Crippen LogP contribution in [0.3, 0.4) is 0 Å². The fourth-order valence-electron chi connectivity index (χ4n) is 4.25. The van der Waals surface area contributed by atoms with Gasteiger partial charge >= 0.3 is 0 Å². The minimum atomic E-state index is -0.264. The Labute approximate surface area is 177 Å². The molecule has 0 radical (unpaired) electrons. The van der Waals surface area contributed by atoms with Gasteiger partial charge in [0.05, 0.1) is 31.1 Å². The number of ketones is 1. The first-order chi connectivity index (χ1) is 14.6. The molecule has 1 amide bonds. The Bertz CT molecular complexity index is 915. The maximum atomic E-state index is 13.5. The highest BCUT2D eigenvalue weighted by molar-refractivity contribution is 6.02. The molecule has 158 valence electrons. The number of carbonyl (C=O) groups is 2. The van der Waals surface area contributed by atoms with Crippen LogP contribution in [0.15, 0.2) is 47.2 Å². The minimum Gasteiger partial charge on any atom is -0.378 e. The number of rotatable bonds is 4. The number of amides is 1. The van der Waals surface area contributed by atoms with E-state index in [1.807, 2.05) is 13.0 Å². The lowest BCUT2D eigenvalue weighted by molar-refractivity contribution is -0.124. The van der Waals surface area contributed by atoms with Crippen LogP contribution in [0.4, 0.5) is 17.1 Å². The zero-order chi connectivity index (χ0) is 21.1. The molecule has 1 saturated carbocycles. The number of carbonyl (C=O) groups excluding carboxylic acids is 2. The highest BCUT2D eigenvalue weighted by atomic mass is 16.5. The minimum absolute atomic E-state index is 0.0101. The SMILES string of the molecule is C=CC1=C(/N=C\C)Nc2ccc(N3CCOCC3)cc2N(C(=O)C2CCC(=O)C2)C1. The summed E-state index contributed by atoms with van der Waals surface area (Å²) in [5, 5.41) is 3.38. The van der Waals surface area contributed by atoms with E-state index in [1.54, 1.807) is 17.2 Å². The van der Waals surface area contributed by atoms with Crippen molar-refractivity contribution in [2.75, 3.05) is 48.0 Å². The third-order valence-electron chi connectivity index (χ3n) is 5.90. The number of nitrogens with one attached hydrogen (secondary N) is 1. The lowest BCUT2D eigenvalue weighted by Crippen LogP contribution is -2.38. The van der Waals surface area contributed by atoms with Crippen molar-refractivity contribution >= 4 is 35.0 Å². The van der Waals surface area contributed by atoms with Gasteiger partial charge in [-0.15, -0.1) is 0 Å². The molecule has 1 aromatic rings. The molecular weight excluding hydrogens is 380 g/mol. The summed E-state index contributed by atoms with van der Waals surface area (Å²) in [6.07, 6.45) is 4.89. The zero-order valence-corrected chi connectivity index (χ0v) is 17.4. The highest BCUT2D eigenvalue weighted by Gasteiger charge is 2.34. The van der Waals surface area contributed by atoms with Gasteiger partial charge in [0, 0.05) is 49.3 Å². The first kappa shape index (κ1) is 20.3. The topological polar surface area (TPSA) is 74.2 Å². The second-order valence-electron chi connectivity index (χ2n) is 7.79. The summed E-state index contributed by atoms with van der Waals surface area (Å²) in [4.78, 5) is 33.8. The molecule has 1 atom stereocenters. The summed E-state index contributed by atoms with van der Waals surface area (Å²) < 4.78 is 5.48. The number of ether oxygens (including phenoxy) is 1. The van der Waals surface area contributed by atoms with Crippen molar-refractivity contribution in [3.8, 4) is 0 Å². The fraction of sp³-hybridized carbons (Fsp3) is 0.435. The maximum Gasteiger partial charge on any atom is 0.230 e. The second kappa shape index (κ2) is 8.83. The van der Waals surface area contributed by atoms with Crippen LogP contribution in [0, 0.1) is 5.92 Å². The largest absolute Gasteiger partial charge is 0.378 e. The van der Waals surface area contributed by atoms with Crippen LogP contribution >= 0.6 is 0 Å². The number of benzene rings is 1. The van der Waals surface area contributed by atoms with Gasteiger partial charge in [-0.05, 0) is 31.5 Å². The van der Waals surface area contributed by atoms with Gasteiger partial charge in [-0.2, -0.15) is 0 Å². The van der Waals surface area contributed by atoms with Gasteiger partial charge < -0.3 is 19.9 Å². The van der Waals surface area contributed by atoms with E-state index in [1.165, 1.54) is 0 Å². The molecule has 1 aliphatic carbocycles.